The summed E-state index contributed by atoms with van der Waals surface area (Å²) in [5.74, 6) is 0.543. The van der Waals surface area contributed by atoms with Gasteiger partial charge in [-0.05, 0) is 23.8 Å². The van der Waals surface area contributed by atoms with Crippen LogP contribution in [0.1, 0.15) is 5.56 Å². The molecule has 0 unspecified atom stereocenters. The van der Waals surface area contributed by atoms with Crippen LogP contribution in [0.4, 0.5) is 5.95 Å². The highest BCUT2D eigenvalue weighted by Crippen LogP contribution is 2.21. The third-order valence-electron chi connectivity index (χ3n) is 5.66. The van der Waals surface area contributed by atoms with Crippen molar-refractivity contribution >= 4 is 28.0 Å². The van der Waals surface area contributed by atoms with E-state index >= 15 is 0 Å². The SMILES string of the molecule is Nc1nc2ccccc2n1C/C=C/Cn1cnc2cccc(CN3CCOCC3)c21. The fraction of sp³-hybridized carbons (Fsp3) is 0.304. The van der Waals surface area contributed by atoms with Crippen molar-refractivity contribution in [3.05, 3.63) is 66.5 Å². The van der Waals surface area contributed by atoms with Gasteiger partial charge in [0.25, 0.3) is 0 Å². The number of morpholine rings is 1. The average Bonchev–Trinajstić information content (AvgIpc) is 3.33. The molecule has 2 aromatic carbocycles. The zero-order chi connectivity index (χ0) is 20.3. The van der Waals surface area contributed by atoms with Crippen LogP contribution in [0.25, 0.3) is 22.1 Å². The molecule has 0 amide bonds. The first-order chi connectivity index (χ1) is 14.8. The molecule has 5 rings (SSSR count). The number of nitrogen functional groups attached to an aromatic ring is 1. The first-order valence-corrected chi connectivity index (χ1v) is 10.4. The van der Waals surface area contributed by atoms with Gasteiger partial charge in [0.2, 0.25) is 5.95 Å². The van der Waals surface area contributed by atoms with Crippen LogP contribution >= 0.6 is 0 Å². The molecule has 2 N–H and O–H groups in total. The van der Waals surface area contributed by atoms with Crippen LogP contribution in [-0.2, 0) is 24.4 Å². The molecule has 0 aliphatic carbocycles. The molecule has 154 valence electrons. The molecule has 3 heterocycles. The van der Waals surface area contributed by atoms with Gasteiger partial charge in [-0.15, -0.1) is 0 Å². The summed E-state index contributed by atoms with van der Waals surface area (Å²) in [4.78, 5) is 11.5. The lowest BCUT2D eigenvalue weighted by molar-refractivity contribution is 0.0343. The van der Waals surface area contributed by atoms with Crippen molar-refractivity contribution < 1.29 is 4.74 Å². The Labute approximate surface area is 175 Å². The average molecular weight is 403 g/mol. The van der Waals surface area contributed by atoms with Crippen LogP contribution in [0.3, 0.4) is 0 Å². The number of hydrogen-bond donors (Lipinski definition) is 1. The summed E-state index contributed by atoms with van der Waals surface area (Å²) in [5.41, 5.74) is 11.6. The van der Waals surface area contributed by atoms with E-state index in [1.807, 2.05) is 35.2 Å². The van der Waals surface area contributed by atoms with Crippen molar-refractivity contribution in [2.24, 2.45) is 0 Å². The number of anilines is 1. The van der Waals surface area contributed by atoms with Gasteiger partial charge in [0, 0.05) is 32.7 Å². The molecule has 4 aromatic rings. The minimum absolute atomic E-state index is 0.543. The van der Waals surface area contributed by atoms with Crippen molar-refractivity contribution in [3.63, 3.8) is 0 Å². The molecule has 0 saturated carbocycles. The van der Waals surface area contributed by atoms with E-state index in [4.69, 9.17) is 10.5 Å². The number of allylic oxidation sites excluding steroid dienone is 2. The third-order valence-corrected chi connectivity index (χ3v) is 5.66. The summed E-state index contributed by atoms with van der Waals surface area (Å²) in [6.45, 7) is 5.96. The first kappa shape index (κ1) is 18.8. The van der Waals surface area contributed by atoms with Gasteiger partial charge in [-0.2, -0.15) is 0 Å². The lowest BCUT2D eigenvalue weighted by Crippen LogP contribution is -2.35. The van der Waals surface area contributed by atoms with E-state index in [1.54, 1.807) is 0 Å². The van der Waals surface area contributed by atoms with Gasteiger partial charge in [-0.1, -0.05) is 36.4 Å². The van der Waals surface area contributed by atoms with Crippen molar-refractivity contribution in [1.29, 1.82) is 0 Å². The van der Waals surface area contributed by atoms with Crippen molar-refractivity contribution in [3.8, 4) is 0 Å². The van der Waals surface area contributed by atoms with Crippen molar-refractivity contribution in [2.75, 3.05) is 32.0 Å². The molecule has 0 radical (unpaired) electrons. The number of aromatic nitrogens is 4. The zero-order valence-electron chi connectivity index (χ0n) is 16.9. The standard InChI is InChI=1S/C23H26N6O/c24-23-26-19-7-1-2-9-21(19)29(23)11-4-3-10-28-17-25-20-8-5-6-18(22(20)28)16-27-12-14-30-15-13-27/h1-9,17H,10-16H2,(H2,24,26)/b4-3+. The van der Waals surface area contributed by atoms with E-state index in [-0.39, 0.29) is 0 Å². The Morgan fingerprint density at radius 2 is 1.77 bits per heavy atom. The largest absolute Gasteiger partial charge is 0.379 e. The van der Waals surface area contributed by atoms with E-state index in [2.05, 4.69) is 49.8 Å². The van der Waals surface area contributed by atoms with Crippen molar-refractivity contribution in [1.82, 2.24) is 24.0 Å². The molecule has 0 bridgehead atoms. The Balaban J connectivity index is 1.33. The summed E-state index contributed by atoms with van der Waals surface area (Å²) in [6, 6.07) is 14.4. The van der Waals surface area contributed by atoms with Gasteiger partial charge in [-0.3, -0.25) is 4.90 Å². The molecule has 30 heavy (non-hydrogen) atoms. The molecule has 1 aliphatic heterocycles. The van der Waals surface area contributed by atoms with Gasteiger partial charge in [-0.25, -0.2) is 9.97 Å². The number of rotatable bonds is 6. The molecule has 1 fully saturated rings. The van der Waals surface area contributed by atoms with Crippen LogP contribution < -0.4 is 5.73 Å². The van der Waals surface area contributed by atoms with Gasteiger partial charge in [0.05, 0.1) is 41.6 Å². The normalized spacial score (nSPS) is 15.6. The molecule has 2 aromatic heterocycles. The van der Waals surface area contributed by atoms with E-state index < -0.39 is 0 Å². The molecule has 7 nitrogen and oxygen atoms in total. The number of benzene rings is 2. The number of nitrogens with two attached hydrogens (primary N) is 1. The van der Waals surface area contributed by atoms with E-state index in [1.165, 1.54) is 11.1 Å². The fourth-order valence-corrected chi connectivity index (χ4v) is 4.12. The zero-order valence-corrected chi connectivity index (χ0v) is 16.9. The molecule has 7 heteroatoms. The highest BCUT2D eigenvalue weighted by Gasteiger charge is 2.14. The van der Waals surface area contributed by atoms with Crippen LogP contribution in [0.2, 0.25) is 0 Å². The van der Waals surface area contributed by atoms with Crippen LogP contribution in [0, 0.1) is 0 Å². The summed E-state index contributed by atoms with van der Waals surface area (Å²) in [5, 5.41) is 0. The van der Waals surface area contributed by atoms with Gasteiger partial charge < -0.3 is 19.6 Å². The fourth-order valence-electron chi connectivity index (χ4n) is 4.12. The highest BCUT2D eigenvalue weighted by molar-refractivity contribution is 5.79. The van der Waals surface area contributed by atoms with Crippen LogP contribution in [0.15, 0.2) is 60.9 Å². The Kier molecular flexibility index (Phi) is 5.21. The Bertz CT molecular complexity index is 1190. The molecule has 0 spiro atoms. The number of para-hydroxylation sites is 3. The maximum absolute atomic E-state index is 6.10. The number of imidazole rings is 2. The predicted octanol–water partition coefficient (Wildman–Crippen LogP) is 3.06. The molecule has 1 saturated heterocycles. The van der Waals surface area contributed by atoms with Gasteiger partial charge >= 0.3 is 0 Å². The summed E-state index contributed by atoms with van der Waals surface area (Å²) >= 11 is 0. The van der Waals surface area contributed by atoms with Crippen LogP contribution in [-0.4, -0.2) is 50.3 Å². The predicted molar refractivity (Wildman–Crippen MR) is 119 cm³/mol. The van der Waals surface area contributed by atoms with E-state index in [9.17, 15) is 0 Å². The van der Waals surface area contributed by atoms with E-state index in [0.717, 1.165) is 55.9 Å². The van der Waals surface area contributed by atoms with Crippen LogP contribution in [0.5, 0.6) is 0 Å². The Morgan fingerprint density at radius 3 is 2.67 bits per heavy atom. The quantitative estimate of drug-likeness (QED) is 0.502. The minimum atomic E-state index is 0.543. The van der Waals surface area contributed by atoms with E-state index in [0.29, 0.717) is 12.5 Å². The highest BCUT2D eigenvalue weighted by atomic mass is 16.5. The smallest absolute Gasteiger partial charge is 0.201 e. The Hall–Kier alpha value is -3.16. The van der Waals surface area contributed by atoms with Gasteiger partial charge in [0.1, 0.15) is 0 Å². The summed E-state index contributed by atoms with van der Waals surface area (Å²) in [7, 11) is 0. The first-order valence-electron chi connectivity index (χ1n) is 10.4. The molecule has 1 aliphatic rings. The Morgan fingerprint density at radius 1 is 0.967 bits per heavy atom. The summed E-state index contributed by atoms with van der Waals surface area (Å²) in [6.07, 6.45) is 6.24. The lowest BCUT2D eigenvalue weighted by atomic mass is 10.1. The topological polar surface area (TPSA) is 74.1 Å². The molecular formula is C23H26N6O. The number of ether oxygens (including phenoxy) is 1. The second-order valence-corrected chi connectivity index (χ2v) is 7.61. The monoisotopic (exact) mass is 402 g/mol. The second-order valence-electron chi connectivity index (χ2n) is 7.61. The number of hydrogen-bond acceptors (Lipinski definition) is 5. The second kappa shape index (κ2) is 8.30. The lowest BCUT2D eigenvalue weighted by Gasteiger charge is -2.26. The molecular weight excluding hydrogens is 376 g/mol. The third kappa shape index (κ3) is 3.69. The summed E-state index contributed by atoms with van der Waals surface area (Å²) < 4.78 is 9.73. The maximum Gasteiger partial charge on any atom is 0.201 e. The maximum atomic E-state index is 6.10. The molecule has 0 atom stereocenters. The number of fused-ring (bicyclic) bond motifs is 2. The van der Waals surface area contributed by atoms with Crippen molar-refractivity contribution in [2.45, 2.75) is 19.6 Å². The van der Waals surface area contributed by atoms with Gasteiger partial charge in [0.15, 0.2) is 0 Å². The number of nitrogens with zero attached hydrogens (tertiary/aromatic N) is 5. The minimum Gasteiger partial charge on any atom is -0.379 e.